The summed E-state index contributed by atoms with van der Waals surface area (Å²) in [4.78, 5) is 27.0. The Kier molecular flexibility index (Phi) is 4.67. The van der Waals surface area contributed by atoms with E-state index in [1.807, 2.05) is 49.4 Å². The minimum absolute atomic E-state index is 0.0999. The van der Waals surface area contributed by atoms with E-state index < -0.39 is 5.91 Å². The Bertz CT molecular complexity index is 1290. The van der Waals surface area contributed by atoms with Crippen molar-refractivity contribution < 1.29 is 19.1 Å². The Morgan fingerprint density at radius 2 is 1.75 bits per heavy atom. The van der Waals surface area contributed by atoms with Crippen molar-refractivity contribution >= 4 is 23.8 Å². The summed E-state index contributed by atoms with van der Waals surface area (Å²) in [5.41, 5.74) is 3.71. The zero-order valence-corrected chi connectivity index (χ0v) is 17.7. The second-order valence-electron chi connectivity index (χ2n) is 7.86. The van der Waals surface area contributed by atoms with Crippen molar-refractivity contribution in [2.45, 2.75) is 12.8 Å². The van der Waals surface area contributed by atoms with E-state index in [4.69, 9.17) is 9.47 Å². The fraction of sp³-hybridized carbons (Fsp3) is 0.111. The number of rotatable bonds is 3. The summed E-state index contributed by atoms with van der Waals surface area (Å²) >= 11 is 0. The lowest BCUT2D eigenvalue weighted by molar-refractivity contribution is -0.166. The van der Waals surface area contributed by atoms with Gasteiger partial charge in [-0.3, -0.25) is 14.5 Å². The summed E-state index contributed by atoms with van der Waals surface area (Å²) in [6.07, 6.45) is 6.91. The molecule has 2 heterocycles. The molecule has 3 aromatic carbocycles. The molecule has 1 atom stereocenters. The van der Waals surface area contributed by atoms with Crippen LogP contribution in [0.3, 0.4) is 0 Å². The molecule has 0 aliphatic carbocycles. The number of aryl methyl sites for hydroxylation is 1. The molecule has 0 fully saturated rings. The lowest BCUT2D eigenvalue weighted by Crippen LogP contribution is -2.60. The fourth-order valence-electron chi connectivity index (χ4n) is 3.95. The van der Waals surface area contributed by atoms with Crippen LogP contribution in [-0.2, 0) is 0 Å². The van der Waals surface area contributed by atoms with E-state index in [0.717, 1.165) is 16.7 Å². The lowest BCUT2D eigenvalue weighted by Gasteiger charge is -2.44. The molecule has 5 rings (SSSR count). The molecule has 0 saturated carbocycles. The topological polar surface area (TPSA) is 55.8 Å². The molecule has 2 aliphatic rings. The van der Waals surface area contributed by atoms with Gasteiger partial charge in [-0.25, -0.2) is 0 Å². The Hall–Kier alpha value is -4.12. The quantitative estimate of drug-likeness (QED) is 0.434. The van der Waals surface area contributed by atoms with Crippen molar-refractivity contribution in [2.24, 2.45) is 0 Å². The number of allylic oxidation sites excluding steroid dienone is 1. The smallest absolute Gasteiger partial charge is 0.362 e. The highest BCUT2D eigenvalue weighted by Crippen LogP contribution is 2.41. The first kappa shape index (κ1) is 19.8. The van der Waals surface area contributed by atoms with Gasteiger partial charge in [0.05, 0.1) is 5.56 Å². The second kappa shape index (κ2) is 7.54. The maximum atomic E-state index is 13.0. The first-order valence-electron chi connectivity index (χ1n) is 10.3. The number of fused-ring (bicyclic) bond motifs is 2. The predicted molar refractivity (Wildman–Crippen MR) is 123 cm³/mol. The van der Waals surface area contributed by atoms with Crippen molar-refractivity contribution in [3.05, 3.63) is 107 Å². The molecule has 0 N–H and O–H groups in total. The van der Waals surface area contributed by atoms with Gasteiger partial charge in [-0.15, -0.1) is 0 Å². The van der Waals surface area contributed by atoms with Gasteiger partial charge in [0.15, 0.2) is 5.78 Å². The number of benzene rings is 3. The Morgan fingerprint density at radius 1 is 1.00 bits per heavy atom. The second-order valence-corrected chi connectivity index (χ2v) is 7.86. The molecule has 3 aromatic rings. The van der Waals surface area contributed by atoms with Gasteiger partial charge in [-0.05, 0) is 55.0 Å². The standard InChI is InChI=1S/C27H21NO4/c1-18-16-20(12-13-23(29)19-8-4-3-5-9-19)25-21(17-18)14-15-27(32-25)28(2)26(30)22-10-6-7-11-24(22)31-27/h3-17H,1-2H3/b13-12+/t27-/m0/s1. The van der Waals surface area contributed by atoms with Crippen LogP contribution in [0.5, 0.6) is 11.5 Å². The van der Waals surface area contributed by atoms with Crippen molar-refractivity contribution in [3.63, 3.8) is 0 Å². The van der Waals surface area contributed by atoms with E-state index in [2.05, 4.69) is 0 Å². The summed E-state index contributed by atoms with van der Waals surface area (Å²) in [5, 5.41) is 0. The van der Waals surface area contributed by atoms with Crippen LogP contribution in [0, 0.1) is 6.92 Å². The third-order valence-electron chi connectivity index (χ3n) is 5.63. The number of hydrogen-bond donors (Lipinski definition) is 0. The highest BCUT2D eigenvalue weighted by Gasteiger charge is 2.47. The molecule has 0 unspecified atom stereocenters. The van der Waals surface area contributed by atoms with Crippen LogP contribution >= 0.6 is 0 Å². The number of carbonyl (C=O) groups is 2. The highest BCUT2D eigenvalue weighted by atomic mass is 16.7. The Labute approximate surface area is 186 Å². The number of amides is 1. The van der Waals surface area contributed by atoms with Gasteiger partial charge in [-0.2, -0.15) is 0 Å². The van der Waals surface area contributed by atoms with E-state index in [1.165, 1.54) is 11.0 Å². The van der Waals surface area contributed by atoms with Crippen molar-refractivity contribution in [1.29, 1.82) is 0 Å². The van der Waals surface area contributed by atoms with Gasteiger partial charge in [0.25, 0.3) is 5.91 Å². The summed E-state index contributed by atoms with van der Waals surface area (Å²) in [5.74, 6) is -0.679. The first-order valence-corrected chi connectivity index (χ1v) is 10.3. The number of ether oxygens (including phenoxy) is 2. The molecule has 1 spiro atoms. The maximum absolute atomic E-state index is 13.0. The van der Waals surface area contributed by atoms with Gasteiger partial charge in [-0.1, -0.05) is 42.5 Å². The fourth-order valence-corrected chi connectivity index (χ4v) is 3.95. The van der Waals surface area contributed by atoms with Crippen LogP contribution in [0.2, 0.25) is 0 Å². The van der Waals surface area contributed by atoms with Crippen LogP contribution in [0.1, 0.15) is 37.4 Å². The third kappa shape index (κ3) is 3.28. The number of likely N-dealkylation sites (N-methyl/N-ethyl adjacent to an activating group) is 1. The maximum Gasteiger partial charge on any atom is 0.362 e. The van der Waals surface area contributed by atoms with Crippen LogP contribution < -0.4 is 9.47 Å². The van der Waals surface area contributed by atoms with Crippen molar-refractivity contribution in [2.75, 3.05) is 7.05 Å². The molecular weight excluding hydrogens is 402 g/mol. The average Bonchev–Trinajstić information content (AvgIpc) is 2.82. The number of hydrogen-bond acceptors (Lipinski definition) is 4. The number of carbonyl (C=O) groups excluding carboxylic acids is 2. The number of nitrogens with zero attached hydrogens (tertiary/aromatic N) is 1. The van der Waals surface area contributed by atoms with Gasteiger partial charge in [0.2, 0.25) is 0 Å². The Balaban J connectivity index is 1.53. The minimum atomic E-state index is -1.40. The predicted octanol–water partition coefficient (Wildman–Crippen LogP) is 5.12. The van der Waals surface area contributed by atoms with E-state index in [-0.39, 0.29) is 11.7 Å². The molecule has 0 aromatic heterocycles. The molecule has 0 saturated heterocycles. The SMILES string of the molecule is Cc1cc2c(c(/C=C/C(=O)c3ccccc3)c1)O[C@]1(C=C2)Oc2ccccc2C(=O)N1C. The van der Waals surface area contributed by atoms with Gasteiger partial charge in [0.1, 0.15) is 11.5 Å². The Morgan fingerprint density at radius 3 is 2.56 bits per heavy atom. The van der Waals surface area contributed by atoms with E-state index in [0.29, 0.717) is 22.6 Å². The lowest BCUT2D eigenvalue weighted by atomic mass is 10.00. The van der Waals surface area contributed by atoms with Crippen molar-refractivity contribution in [3.8, 4) is 11.5 Å². The third-order valence-corrected chi connectivity index (χ3v) is 5.63. The van der Waals surface area contributed by atoms with Crippen LogP contribution in [0.4, 0.5) is 0 Å². The number of ketones is 1. The van der Waals surface area contributed by atoms with Gasteiger partial charge < -0.3 is 9.47 Å². The van der Waals surface area contributed by atoms with Gasteiger partial charge in [0, 0.05) is 29.8 Å². The van der Waals surface area contributed by atoms with E-state index >= 15 is 0 Å². The van der Waals surface area contributed by atoms with Crippen LogP contribution in [-0.4, -0.2) is 29.5 Å². The minimum Gasteiger partial charge on any atom is -0.431 e. The first-order chi connectivity index (χ1) is 15.5. The van der Waals surface area contributed by atoms with E-state index in [1.54, 1.807) is 49.5 Å². The summed E-state index contributed by atoms with van der Waals surface area (Å²) in [6.45, 7) is 1.98. The van der Waals surface area contributed by atoms with Gasteiger partial charge >= 0.3 is 5.91 Å². The molecular formula is C27H21NO4. The summed E-state index contributed by atoms with van der Waals surface area (Å²) in [7, 11) is 1.65. The zero-order valence-electron chi connectivity index (χ0n) is 17.7. The summed E-state index contributed by atoms with van der Waals surface area (Å²) in [6, 6.07) is 20.1. The molecule has 5 nitrogen and oxygen atoms in total. The number of para-hydroxylation sites is 1. The molecule has 2 aliphatic heterocycles. The van der Waals surface area contributed by atoms with E-state index in [9.17, 15) is 9.59 Å². The average molecular weight is 423 g/mol. The van der Waals surface area contributed by atoms with Crippen LogP contribution in [0.25, 0.3) is 12.2 Å². The van der Waals surface area contributed by atoms with Crippen molar-refractivity contribution in [1.82, 2.24) is 4.90 Å². The molecule has 32 heavy (non-hydrogen) atoms. The molecule has 0 bridgehead atoms. The van der Waals surface area contributed by atoms with Crippen LogP contribution in [0.15, 0.2) is 78.9 Å². The monoisotopic (exact) mass is 423 g/mol. The summed E-state index contributed by atoms with van der Waals surface area (Å²) < 4.78 is 12.5. The molecule has 5 heteroatoms. The molecule has 158 valence electrons. The largest absolute Gasteiger partial charge is 0.431 e. The highest BCUT2D eigenvalue weighted by molar-refractivity contribution is 6.07. The molecule has 0 radical (unpaired) electrons. The zero-order chi connectivity index (χ0) is 22.3. The molecule has 1 amide bonds. The normalized spacial score (nSPS) is 18.8.